The van der Waals surface area contributed by atoms with Crippen LogP contribution >= 0.6 is 0 Å². The smallest absolute Gasteiger partial charge is 0.0460 e. The molecule has 0 radical (unpaired) electrons. The lowest BCUT2D eigenvalue weighted by atomic mass is 10.1. The van der Waals surface area contributed by atoms with Gasteiger partial charge in [0.1, 0.15) is 0 Å². The van der Waals surface area contributed by atoms with Crippen molar-refractivity contribution in [1.82, 2.24) is 4.98 Å². The molecule has 2 heteroatoms. The lowest BCUT2D eigenvalue weighted by molar-refractivity contribution is 0.236. The fraction of sp³-hybridized carbons (Fsp3) is 0.615. The van der Waals surface area contributed by atoms with Gasteiger partial charge in [-0.25, -0.2) is 0 Å². The van der Waals surface area contributed by atoms with E-state index in [1.54, 1.807) is 6.20 Å². The van der Waals surface area contributed by atoms with Crippen molar-refractivity contribution in [2.75, 3.05) is 6.61 Å². The lowest BCUT2D eigenvalue weighted by Crippen LogP contribution is -2.05. The molecule has 2 nitrogen and oxygen atoms in total. The zero-order valence-electron chi connectivity index (χ0n) is 10.1. The molecule has 0 fully saturated rings. The van der Waals surface area contributed by atoms with E-state index in [2.05, 4.69) is 18.8 Å². The minimum atomic E-state index is 0.233. The number of hydrogen-bond donors (Lipinski definition) is 1. The van der Waals surface area contributed by atoms with Crippen LogP contribution < -0.4 is 0 Å². The van der Waals surface area contributed by atoms with Crippen LogP contribution in [0.2, 0.25) is 0 Å². The highest BCUT2D eigenvalue weighted by atomic mass is 16.3. The van der Waals surface area contributed by atoms with Crippen molar-refractivity contribution in [3.05, 3.63) is 30.1 Å². The van der Waals surface area contributed by atoms with Gasteiger partial charge in [-0.05, 0) is 24.5 Å². The van der Waals surface area contributed by atoms with Crippen molar-refractivity contribution >= 4 is 0 Å². The van der Waals surface area contributed by atoms with Crippen molar-refractivity contribution in [3.8, 4) is 0 Å². The van der Waals surface area contributed by atoms with E-state index in [9.17, 15) is 0 Å². The average molecular weight is 209 g/mol. The van der Waals surface area contributed by atoms with E-state index < -0.39 is 0 Å². The summed E-state index contributed by atoms with van der Waals surface area (Å²) in [5.41, 5.74) is 1.05. The molecule has 1 atom stereocenters. The first-order valence-electron chi connectivity index (χ1n) is 5.75. The van der Waals surface area contributed by atoms with Crippen LogP contribution in [0, 0.1) is 5.92 Å². The monoisotopic (exact) mass is 209 g/mol. The summed E-state index contributed by atoms with van der Waals surface area (Å²) in [5, 5.41) is 8.77. The molecule has 0 saturated heterocycles. The number of aliphatic hydroxyl groups is 1. The topological polar surface area (TPSA) is 33.1 Å². The van der Waals surface area contributed by atoms with E-state index in [1.165, 1.54) is 12.8 Å². The van der Waals surface area contributed by atoms with Gasteiger partial charge >= 0.3 is 0 Å². The van der Waals surface area contributed by atoms with Crippen LogP contribution in [0.5, 0.6) is 0 Å². The Morgan fingerprint density at radius 2 is 1.93 bits per heavy atom. The highest BCUT2D eigenvalue weighted by molar-refractivity contribution is 5.03. The summed E-state index contributed by atoms with van der Waals surface area (Å²) in [5.74, 6) is 0.310. The third-order valence-electron chi connectivity index (χ3n) is 2.10. The molecule has 1 aromatic heterocycles. The molecule has 1 heterocycles. The quantitative estimate of drug-likeness (QED) is 0.826. The zero-order chi connectivity index (χ0) is 11.5. The van der Waals surface area contributed by atoms with Crippen LogP contribution in [0.3, 0.4) is 0 Å². The van der Waals surface area contributed by atoms with Crippen LogP contribution in [0.4, 0.5) is 0 Å². The number of rotatable bonds is 4. The van der Waals surface area contributed by atoms with Gasteiger partial charge in [0.2, 0.25) is 0 Å². The van der Waals surface area contributed by atoms with Gasteiger partial charge in [-0.15, -0.1) is 0 Å². The molecule has 0 aliphatic heterocycles. The number of aromatic nitrogens is 1. The molecule has 1 unspecified atom stereocenters. The molecule has 0 spiro atoms. The van der Waals surface area contributed by atoms with Crippen LogP contribution in [0.1, 0.15) is 39.3 Å². The third-order valence-corrected chi connectivity index (χ3v) is 2.10. The molecule has 1 aromatic rings. The Kier molecular flexibility index (Phi) is 9.08. The zero-order valence-corrected chi connectivity index (χ0v) is 10.1. The highest BCUT2D eigenvalue weighted by Gasteiger charge is 2.00. The Morgan fingerprint density at radius 3 is 2.33 bits per heavy atom. The van der Waals surface area contributed by atoms with E-state index in [-0.39, 0.29) is 6.61 Å². The summed E-state index contributed by atoms with van der Waals surface area (Å²) in [4.78, 5) is 4.16. The fourth-order valence-corrected chi connectivity index (χ4v) is 0.940. The molecule has 0 amide bonds. The third kappa shape index (κ3) is 8.13. The summed E-state index contributed by atoms with van der Waals surface area (Å²) >= 11 is 0. The summed E-state index contributed by atoms with van der Waals surface area (Å²) < 4.78 is 0. The second-order valence-electron chi connectivity index (χ2n) is 3.81. The number of nitrogens with zero attached hydrogens (tertiary/aromatic N) is 1. The second-order valence-corrected chi connectivity index (χ2v) is 3.81. The minimum Gasteiger partial charge on any atom is -0.396 e. The standard InChI is InChI=1S/C9H13NO.C4H10/c1-8(7-11)6-9-4-2-3-5-10-9;1-3-4-2/h2-5,8,11H,6-7H2,1H3;3-4H2,1-2H3. The van der Waals surface area contributed by atoms with Crippen molar-refractivity contribution in [3.63, 3.8) is 0 Å². The summed E-state index contributed by atoms with van der Waals surface area (Å²) in [6.07, 6.45) is 5.27. The van der Waals surface area contributed by atoms with Gasteiger partial charge in [0.05, 0.1) is 0 Å². The van der Waals surface area contributed by atoms with Gasteiger partial charge in [-0.2, -0.15) is 0 Å². The highest BCUT2D eigenvalue weighted by Crippen LogP contribution is 2.03. The van der Waals surface area contributed by atoms with Gasteiger partial charge < -0.3 is 5.11 Å². The first-order valence-corrected chi connectivity index (χ1v) is 5.75. The van der Waals surface area contributed by atoms with Gasteiger partial charge in [0.25, 0.3) is 0 Å². The Bertz CT molecular complexity index is 221. The average Bonchev–Trinajstić information content (AvgIpc) is 2.30. The SMILES string of the molecule is CC(CO)Cc1ccccn1.CCCC. The Morgan fingerprint density at radius 1 is 1.27 bits per heavy atom. The normalized spacial score (nSPS) is 11.5. The molecular formula is C13H23NO. The van der Waals surface area contributed by atoms with Gasteiger partial charge in [0.15, 0.2) is 0 Å². The van der Waals surface area contributed by atoms with E-state index in [4.69, 9.17) is 5.11 Å². The molecule has 1 rings (SSSR count). The first kappa shape index (κ1) is 14.1. The molecule has 0 bridgehead atoms. The molecule has 86 valence electrons. The van der Waals surface area contributed by atoms with Crippen LogP contribution in [0.25, 0.3) is 0 Å². The summed E-state index contributed by atoms with van der Waals surface area (Å²) in [6, 6.07) is 5.84. The lowest BCUT2D eigenvalue weighted by Gasteiger charge is -2.05. The van der Waals surface area contributed by atoms with Gasteiger partial charge in [-0.1, -0.05) is 39.7 Å². The Labute approximate surface area is 93.4 Å². The van der Waals surface area contributed by atoms with E-state index in [0.717, 1.165) is 12.1 Å². The Balaban J connectivity index is 0.000000423. The second kappa shape index (κ2) is 9.66. The van der Waals surface area contributed by atoms with Crippen molar-refractivity contribution < 1.29 is 5.11 Å². The number of aliphatic hydroxyl groups excluding tert-OH is 1. The summed E-state index contributed by atoms with van der Waals surface area (Å²) in [7, 11) is 0. The number of pyridine rings is 1. The first-order chi connectivity index (χ1) is 7.24. The summed E-state index contributed by atoms with van der Waals surface area (Å²) in [6.45, 7) is 6.60. The maximum atomic E-state index is 8.77. The predicted molar refractivity (Wildman–Crippen MR) is 64.8 cm³/mol. The van der Waals surface area contributed by atoms with Crippen LogP contribution in [-0.2, 0) is 6.42 Å². The van der Waals surface area contributed by atoms with E-state index >= 15 is 0 Å². The molecule has 0 aliphatic carbocycles. The molecule has 15 heavy (non-hydrogen) atoms. The predicted octanol–water partition coefficient (Wildman–Crippen LogP) is 3.06. The molecule has 0 aromatic carbocycles. The van der Waals surface area contributed by atoms with Crippen LogP contribution in [-0.4, -0.2) is 16.7 Å². The fourth-order valence-electron chi connectivity index (χ4n) is 0.940. The molecule has 0 aliphatic rings. The molecule has 1 N–H and O–H groups in total. The van der Waals surface area contributed by atoms with Gasteiger partial charge in [-0.3, -0.25) is 4.98 Å². The minimum absolute atomic E-state index is 0.233. The van der Waals surface area contributed by atoms with Crippen molar-refractivity contribution in [2.45, 2.75) is 40.0 Å². The molecular weight excluding hydrogens is 186 g/mol. The van der Waals surface area contributed by atoms with E-state index in [0.29, 0.717) is 5.92 Å². The maximum absolute atomic E-state index is 8.77. The Hall–Kier alpha value is -0.890. The number of unbranched alkanes of at least 4 members (excludes halogenated alkanes) is 1. The van der Waals surface area contributed by atoms with Crippen LogP contribution in [0.15, 0.2) is 24.4 Å². The largest absolute Gasteiger partial charge is 0.396 e. The van der Waals surface area contributed by atoms with Crippen molar-refractivity contribution in [1.29, 1.82) is 0 Å². The number of hydrogen-bond acceptors (Lipinski definition) is 2. The van der Waals surface area contributed by atoms with Gasteiger partial charge in [0, 0.05) is 18.5 Å². The van der Waals surface area contributed by atoms with Crippen molar-refractivity contribution in [2.24, 2.45) is 5.92 Å². The molecule has 0 saturated carbocycles. The maximum Gasteiger partial charge on any atom is 0.0460 e. The van der Waals surface area contributed by atoms with E-state index in [1.807, 2.05) is 25.1 Å².